The first-order valence-electron chi connectivity index (χ1n) is 8.38. The van der Waals surface area contributed by atoms with E-state index in [9.17, 15) is 4.79 Å². The minimum Gasteiger partial charge on any atom is -0.358 e. The summed E-state index contributed by atoms with van der Waals surface area (Å²) in [6.45, 7) is 8.51. The molecule has 0 unspecified atom stereocenters. The predicted octanol–water partition coefficient (Wildman–Crippen LogP) is 4.01. The SMILES string of the molecule is Cc1ccc(N(CCC#N)C(=O)CSc2nnc(NC(C)C)s2)cc1C. The Hall–Kier alpha value is -2.11. The Bertz CT molecular complexity index is 797. The van der Waals surface area contributed by atoms with Gasteiger partial charge in [-0.2, -0.15) is 5.26 Å². The van der Waals surface area contributed by atoms with Gasteiger partial charge in [0.2, 0.25) is 11.0 Å². The summed E-state index contributed by atoms with van der Waals surface area (Å²) >= 11 is 2.81. The lowest BCUT2D eigenvalue weighted by Gasteiger charge is -2.22. The van der Waals surface area contributed by atoms with Gasteiger partial charge in [0.1, 0.15) is 0 Å². The van der Waals surface area contributed by atoms with Crippen LogP contribution in [0.3, 0.4) is 0 Å². The van der Waals surface area contributed by atoms with E-state index in [1.54, 1.807) is 4.90 Å². The van der Waals surface area contributed by atoms with Crippen LogP contribution in [0.15, 0.2) is 22.5 Å². The molecule has 6 nitrogen and oxygen atoms in total. The van der Waals surface area contributed by atoms with Crippen LogP contribution < -0.4 is 10.2 Å². The molecule has 0 spiro atoms. The topological polar surface area (TPSA) is 81.9 Å². The zero-order chi connectivity index (χ0) is 19.1. The van der Waals surface area contributed by atoms with Gasteiger partial charge in [-0.15, -0.1) is 10.2 Å². The van der Waals surface area contributed by atoms with Gasteiger partial charge in [0.15, 0.2) is 4.34 Å². The average Bonchev–Trinajstić information content (AvgIpc) is 3.03. The Morgan fingerprint density at radius 2 is 2.12 bits per heavy atom. The van der Waals surface area contributed by atoms with Gasteiger partial charge in [0.25, 0.3) is 0 Å². The summed E-state index contributed by atoms with van der Waals surface area (Å²) in [7, 11) is 0. The minimum absolute atomic E-state index is 0.0397. The van der Waals surface area contributed by atoms with Crippen molar-refractivity contribution < 1.29 is 4.79 Å². The second-order valence-electron chi connectivity index (χ2n) is 6.18. The first-order valence-corrected chi connectivity index (χ1v) is 10.2. The number of nitriles is 1. The standard InChI is InChI=1S/C18H23N5OS2/c1-12(2)20-17-21-22-18(26-17)25-11-16(24)23(9-5-8-19)15-7-6-13(3)14(4)10-15/h6-7,10,12H,5,9,11H2,1-4H3,(H,20,21). The molecule has 0 atom stereocenters. The molecule has 2 rings (SSSR count). The summed E-state index contributed by atoms with van der Waals surface area (Å²) in [5.74, 6) is 0.219. The number of nitrogens with zero attached hydrogens (tertiary/aromatic N) is 4. The maximum atomic E-state index is 12.7. The van der Waals surface area contributed by atoms with Crippen LogP contribution in [0.25, 0.3) is 0 Å². The lowest BCUT2D eigenvalue weighted by molar-refractivity contribution is -0.116. The molecule has 26 heavy (non-hydrogen) atoms. The zero-order valence-corrected chi connectivity index (χ0v) is 17.1. The Balaban J connectivity index is 2.05. The highest BCUT2D eigenvalue weighted by Crippen LogP contribution is 2.27. The largest absolute Gasteiger partial charge is 0.358 e. The fraction of sp³-hybridized carbons (Fsp3) is 0.444. The van der Waals surface area contributed by atoms with Crippen LogP contribution in [0.1, 0.15) is 31.4 Å². The van der Waals surface area contributed by atoms with Crippen molar-refractivity contribution in [3.8, 4) is 6.07 Å². The van der Waals surface area contributed by atoms with E-state index in [1.807, 2.05) is 45.9 Å². The number of nitrogens with one attached hydrogen (secondary N) is 1. The molecule has 0 radical (unpaired) electrons. The van der Waals surface area contributed by atoms with Crippen molar-refractivity contribution >= 4 is 39.8 Å². The van der Waals surface area contributed by atoms with Crippen molar-refractivity contribution in [2.45, 2.75) is 44.5 Å². The predicted molar refractivity (Wildman–Crippen MR) is 108 cm³/mol. The van der Waals surface area contributed by atoms with Gasteiger partial charge in [-0.3, -0.25) is 4.79 Å². The minimum atomic E-state index is -0.0397. The summed E-state index contributed by atoms with van der Waals surface area (Å²) in [6.07, 6.45) is 0.296. The number of aryl methyl sites for hydroxylation is 2. The van der Waals surface area contributed by atoms with Crippen LogP contribution in [0, 0.1) is 25.2 Å². The van der Waals surface area contributed by atoms with Gasteiger partial charge < -0.3 is 10.2 Å². The molecule has 0 bridgehead atoms. The summed E-state index contributed by atoms with van der Waals surface area (Å²) in [6, 6.07) is 8.32. The summed E-state index contributed by atoms with van der Waals surface area (Å²) in [5.41, 5.74) is 3.13. The number of hydrogen-bond acceptors (Lipinski definition) is 7. The van der Waals surface area contributed by atoms with Crippen LogP contribution in [0.2, 0.25) is 0 Å². The van der Waals surface area contributed by atoms with E-state index in [2.05, 4.69) is 21.6 Å². The molecule has 1 aromatic heterocycles. The van der Waals surface area contributed by atoms with Crippen molar-refractivity contribution in [2.24, 2.45) is 0 Å². The molecular weight excluding hydrogens is 366 g/mol. The fourth-order valence-corrected chi connectivity index (χ4v) is 4.00. The molecule has 2 aromatic rings. The molecule has 1 N–H and O–H groups in total. The van der Waals surface area contributed by atoms with Crippen LogP contribution in [-0.4, -0.2) is 34.4 Å². The van der Waals surface area contributed by atoms with E-state index in [0.29, 0.717) is 13.0 Å². The normalized spacial score (nSPS) is 10.6. The maximum Gasteiger partial charge on any atom is 0.237 e. The number of carbonyl (C=O) groups is 1. The highest BCUT2D eigenvalue weighted by Gasteiger charge is 2.17. The van der Waals surface area contributed by atoms with Gasteiger partial charge in [0.05, 0.1) is 18.2 Å². The molecule has 0 aliphatic heterocycles. The van der Waals surface area contributed by atoms with Gasteiger partial charge in [0, 0.05) is 18.3 Å². The van der Waals surface area contributed by atoms with Crippen LogP contribution >= 0.6 is 23.1 Å². The van der Waals surface area contributed by atoms with Crippen molar-refractivity contribution in [2.75, 3.05) is 22.5 Å². The van der Waals surface area contributed by atoms with Gasteiger partial charge in [-0.1, -0.05) is 29.2 Å². The molecule has 1 aromatic carbocycles. The Kier molecular flexibility index (Phi) is 7.42. The third-order valence-electron chi connectivity index (χ3n) is 3.69. The first kappa shape index (κ1) is 20.2. The second kappa shape index (κ2) is 9.55. The summed E-state index contributed by atoms with van der Waals surface area (Å²) < 4.78 is 0.752. The van der Waals surface area contributed by atoms with E-state index >= 15 is 0 Å². The van der Waals surface area contributed by atoms with E-state index in [-0.39, 0.29) is 17.7 Å². The second-order valence-corrected chi connectivity index (χ2v) is 8.38. The molecule has 1 amide bonds. The van der Waals surface area contributed by atoms with Crippen molar-refractivity contribution in [3.05, 3.63) is 29.3 Å². The monoisotopic (exact) mass is 389 g/mol. The number of benzene rings is 1. The van der Waals surface area contributed by atoms with E-state index in [4.69, 9.17) is 5.26 Å². The van der Waals surface area contributed by atoms with Crippen molar-refractivity contribution in [1.82, 2.24) is 10.2 Å². The smallest absolute Gasteiger partial charge is 0.237 e. The third-order valence-corrected chi connectivity index (χ3v) is 5.66. The van der Waals surface area contributed by atoms with Crippen molar-refractivity contribution in [3.63, 3.8) is 0 Å². The number of rotatable bonds is 8. The van der Waals surface area contributed by atoms with E-state index in [0.717, 1.165) is 20.7 Å². The number of amides is 1. The number of carbonyl (C=O) groups excluding carboxylic acids is 1. The molecule has 0 aliphatic rings. The number of aromatic nitrogens is 2. The maximum absolute atomic E-state index is 12.7. The van der Waals surface area contributed by atoms with Gasteiger partial charge in [-0.25, -0.2) is 0 Å². The highest BCUT2D eigenvalue weighted by molar-refractivity contribution is 8.01. The van der Waals surface area contributed by atoms with Crippen LogP contribution in [0.5, 0.6) is 0 Å². The fourth-order valence-electron chi connectivity index (χ4n) is 2.23. The zero-order valence-electron chi connectivity index (χ0n) is 15.4. The lowest BCUT2D eigenvalue weighted by atomic mass is 10.1. The molecule has 0 saturated carbocycles. The number of hydrogen-bond donors (Lipinski definition) is 1. The molecular formula is C18H23N5OS2. The van der Waals surface area contributed by atoms with E-state index < -0.39 is 0 Å². The molecule has 0 saturated heterocycles. The lowest BCUT2D eigenvalue weighted by Crippen LogP contribution is -2.33. The summed E-state index contributed by atoms with van der Waals surface area (Å²) in [4.78, 5) is 14.4. The van der Waals surface area contributed by atoms with Gasteiger partial charge in [-0.05, 0) is 51.0 Å². The van der Waals surface area contributed by atoms with Gasteiger partial charge >= 0.3 is 0 Å². The molecule has 0 aliphatic carbocycles. The number of anilines is 2. The average molecular weight is 390 g/mol. The molecule has 138 valence electrons. The van der Waals surface area contributed by atoms with Crippen LogP contribution in [0.4, 0.5) is 10.8 Å². The van der Waals surface area contributed by atoms with E-state index in [1.165, 1.54) is 28.7 Å². The van der Waals surface area contributed by atoms with Crippen LogP contribution in [-0.2, 0) is 4.79 Å². The Labute approximate surface area is 162 Å². The first-order chi connectivity index (χ1) is 12.4. The van der Waals surface area contributed by atoms with Crippen molar-refractivity contribution in [1.29, 1.82) is 5.26 Å². The molecule has 8 heteroatoms. The third kappa shape index (κ3) is 5.71. The Morgan fingerprint density at radius 3 is 2.77 bits per heavy atom. The molecule has 1 heterocycles. The quantitative estimate of drug-likeness (QED) is 0.687. The Morgan fingerprint density at radius 1 is 1.35 bits per heavy atom. The molecule has 0 fully saturated rings. The summed E-state index contributed by atoms with van der Waals surface area (Å²) in [5, 5.41) is 21.0. The highest BCUT2D eigenvalue weighted by atomic mass is 32.2. The number of thioether (sulfide) groups is 1.